The van der Waals surface area contributed by atoms with Gasteiger partial charge in [-0.1, -0.05) is 6.07 Å². The van der Waals surface area contributed by atoms with Crippen LogP contribution >= 0.6 is 0 Å². The predicted octanol–water partition coefficient (Wildman–Crippen LogP) is 1.85. The molecule has 0 bridgehead atoms. The number of nitrogens with one attached hydrogen (secondary N) is 1. The molecule has 0 spiro atoms. The topological polar surface area (TPSA) is 53.9 Å². The Morgan fingerprint density at radius 2 is 2.32 bits per heavy atom. The second kappa shape index (κ2) is 6.10. The highest BCUT2D eigenvalue weighted by atomic mass is 15.1. The van der Waals surface area contributed by atoms with Gasteiger partial charge in [-0.05, 0) is 31.0 Å². The maximum atomic E-state index is 4.82. The molecule has 2 aromatic heterocycles. The second-order valence-corrected chi connectivity index (χ2v) is 6.17. The lowest BCUT2D eigenvalue weighted by Crippen LogP contribution is -2.31. The van der Waals surface area contributed by atoms with Crippen molar-refractivity contribution in [2.45, 2.75) is 38.4 Å². The number of aromatic nitrogens is 3. The van der Waals surface area contributed by atoms with Crippen molar-refractivity contribution in [1.82, 2.24) is 25.2 Å². The van der Waals surface area contributed by atoms with Crippen molar-refractivity contribution in [2.75, 3.05) is 13.1 Å². The number of fused-ring (bicyclic) bond motifs is 1. The van der Waals surface area contributed by atoms with E-state index in [1.807, 2.05) is 24.7 Å². The van der Waals surface area contributed by atoms with Crippen molar-refractivity contribution < 1.29 is 0 Å². The maximum Gasteiger partial charge on any atom is 0.145 e. The first-order valence-corrected chi connectivity index (χ1v) is 8.08. The Hall–Kier alpha value is -1.85. The minimum Gasteiger partial charge on any atom is -0.307 e. The van der Waals surface area contributed by atoms with Crippen LogP contribution in [0.25, 0.3) is 0 Å². The van der Waals surface area contributed by atoms with Gasteiger partial charge in [0.15, 0.2) is 0 Å². The summed E-state index contributed by atoms with van der Waals surface area (Å²) >= 11 is 0. The van der Waals surface area contributed by atoms with Crippen molar-refractivity contribution in [2.24, 2.45) is 0 Å². The zero-order valence-corrected chi connectivity index (χ0v) is 12.7. The van der Waals surface area contributed by atoms with Crippen molar-refractivity contribution in [3.8, 4) is 0 Å². The van der Waals surface area contributed by atoms with Crippen LogP contribution in [-0.2, 0) is 19.5 Å². The summed E-state index contributed by atoms with van der Waals surface area (Å²) in [6.07, 6.45) is 9.20. The summed E-state index contributed by atoms with van der Waals surface area (Å²) < 4.78 is 0. The van der Waals surface area contributed by atoms with Gasteiger partial charge < -0.3 is 5.32 Å². The molecule has 0 saturated carbocycles. The number of pyridine rings is 1. The van der Waals surface area contributed by atoms with Crippen LogP contribution in [-0.4, -0.2) is 32.9 Å². The van der Waals surface area contributed by atoms with E-state index in [9.17, 15) is 0 Å². The Morgan fingerprint density at radius 1 is 1.32 bits per heavy atom. The fourth-order valence-corrected chi connectivity index (χ4v) is 3.35. The molecule has 4 heterocycles. The number of hydrogen-bond acceptors (Lipinski definition) is 5. The van der Waals surface area contributed by atoms with Gasteiger partial charge >= 0.3 is 0 Å². The van der Waals surface area contributed by atoms with Gasteiger partial charge in [-0.3, -0.25) is 9.88 Å². The largest absolute Gasteiger partial charge is 0.307 e. The summed E-state index contributed by atoms with van der Waals surface area (Å²) in [5.74, 6) is 0.983. The van der Waals surface area contributed by atoms with Gasteiger partial charge in [0, 0.05) is 55.9 Å². The van der Waals surface area contributed by atoms with Crippen LogP contribution in [0.5, 0.6) is 0 Å². The van der Waals surface area contributed by atoms with Crippen LogP contribution in [0.3, 0.4) is 0 Å². The summed E-state index contributed by atoms with van der Waals surface area (Å²) in [6.45, 7) is 4.02. The molecule has 22 heavy (non-hydrogen) atoms. The first-order chi connectivity index (χ1) is 10.9. The Balaban J connectivity index is 1.47. The molecule has 5 heteroatoms. The lowest BCUT2D eigenvalue weighted by molar-refractivity contribution is 0.242. The fourth-order valence-electron chi connectivity index (χ4n) is 3.35. The summed E-state index contributed by atoms with van der Waals surface area (Å²) in [5, 5.41) is 3.48. The lowest BCUT2D eigenvalue weighted by atomic mass is 10.1. The summed E-state index contributed by atoms with van der Waals surface area (Å²) in [7, 11) is 0. The van der Waals surface area contributed by atoms with Crippen molar-refractivity contribution >= 4 is 0 Å². The van der Waals surface area contributed by atoms with E-state index in [1.165, 1.54) is 23.2 Å². The van der Waals surface area contributed by atoms with Crippen molar-refractivity contribution in [3.63, 3.8) is 0 Å². The van der Waals surface area contributed by atoms with E-state index in [2.05, 4.69) is 26.3 Å². The SMILES string of the molecule is c1cncc(CN2CCc3nc([C@@H]4CCCN4)ncc3C2)c1. The summed E-state index contributed by atoms with van der Waals surface area (Å²) in [4.78, 5) is 16.1. The molecule has 0 radical (unpaired) electrons. The smallest absolute Gasteiger partial charge is 0.145 e. The van der Waals surface area contributed by atoms with E-state index in [1.54, 1.807) is 0 Å². The molecule has 0 amide bonds. The molecular formula is C17H21N5. The third-order valence-electron chi connectivity index (χ3n) is 4.53. The molecule has 1 N–H and O–H groups in total. The average molecular weight is 295 g/mol. The predicted molar refractivity (Wildman–Crippen MR) is 84.1 cm³/mol. The monoisotopic (exact) mass is 295 g/mol. The van der Waals surface area contributed by atoms with Crippen LogP contribution in [0.1, 0.15) is 41.5 Å². The highest BCUT2D eigenvalue weighted by Crippen LogP contribution is 2.23. The van der Waals surface area contributed by atoms with E-state index in [-0.39, 0.29) is 0 Å². The van der Waals surface area contributed by atoms with Gasteiger partial charge in [-0.25, -0.2) is 9.97 Å². The van der Waals surface area contributed by atoms with Crippen molar-refractivity contribution in [3.05, 3.63) is 53.4 Å². The zero-order chi connectivity index (χ0) is 14.8. The molecule has 4 rings (SSSR count). The molecule has 2 aliphatic rings. The summed E-state index contributed by atoms with van der Waals surface area (Å²) in [6, 6.07) is 4.49. The van der Waals surface area contributed by atoms with Gasteiger partial charge in [0.25, 0.3) is 0 Å². The Bertz CT molecular complexity index is 637. The minimum atomic E-state index is 0.360. The number of rotatable bonds is 3. The Kier molecular flexibility index (Phi) is 3.83. The molecule has 0 unspecified atom stereocenters. The molecule has 114 valence electrons. The van der Waals surface area contributed by atoms with E-state index < -0.39 is 0 Å². The fraction of sp³-hybridized carbons (Fsp3) is 0.471. The Labute approximate surface area is 130 Å². The molecule has 0 aliphatic carbocycles. The van der Waals surface area contributed by atoms with Gasteiger partial charge in [0.2, 0.25) is 0 Å². The first-order valence-electron chi connectivity index (χ1n) is 8.08. The van der Waals surface area contributed by atoms with E-state index >= 15 is 0 Å². The molecular weight excluding hydrogens is 274 g/mol. The first kappa shape index (κ1) is 13.8. The van der Waals surface area contributed by atoms with E-state index in [4.69, 9.17) is 4.98 Å². The molecule has 2 aliphatic heterocycles. The molecule has 1 fully saturated rings. The maximum absolute atomic E-state index is 4.82. The van der Waals surface area contributed by atoms with Gasteiger partial charge in [-0.15, -0.1) is 0 Å². The van der Waals surface area contributed by atoms with E-state index in [0.29, 0.717) is 6.04 Å². The van der Waals surface area contributed by atoms with Crippen LogP contribution in [0, 0.1) is 0 Å². The zero-order valence-electron chi connectivity index (χ0n) is 12.7. The van der Waals surface area contributed by atoms with Gasteiger partial charge in [0.05, 0.1) is 6.04 Å². The van der Waals surface area contributed by atoms with Gasteiger partial charge in [0.1, 0.15) is 5.82 Å². The van der Waals surface area contributed by atoms with Gasteiger partial charge in [-0.2, -0.15) is 0 Å². The molecule has 5 nitrogen and oxygen atoms in total. The third kappa shape index (κ3) is 2.87. The van der Waals surface area contributed by atoms with Crippen LogP contribution in [0.4, 0.5) is 0 Å². The quantitative estimate of drug-likeness (QED) is 0.936. The Morgan fingerprint density at radius 3 is 3.14 bits per heavy atom. The number of nitrogens with zero attached hydrogens (tertiary/aromatic N) is 4. The van der Waals surface area contributed by atoms with Crippen molar-refractivity contribution in [1.29, 1.82) is 0 Å². The van der Waals surface area contributed by atoms with E-state index in [0.717, 1.165) is 44.8 Å². The molecule has 0 aromatic carbocycles. The van der Waals surface area contributed by atoms with Crippen LogP contribution in [0.2, 0.25) is 0 Å². The van der Waals surface area contributed by atoms with Crippen LogP contribution < -0.4 is 5.32 Å². The van der Waals surface area contributed by atoms with Crippen LogP contribution in [0.15, 0.2) is 30.7 Å². The molecule has 1 saturated heterocycles. The molecule has 2 aromatic rings. The molecule has 1 atom stereocenters. The highest BCUT2D eigenvalue weighted by molar-refractivity contribution is 5.22. The minimum absolute atomic E-state index is 0.360. The standard InChI is InChI=1S/C17H21N5/c1-3-13(9-18-6-1)11-22-8-5-15-14(12-22)10-20-17(21-15)16-4-2-7-19-16/h1,3,6,9-10,16,19H,2,4-5,7-8,11-12H2/t16-/m0/s1. The third-order valence-corrected chi connectivity index (χ3v) is 4.53. The number of hydrogen-bond donors (Lipinski definition) is 1. The second-order valence-electron chi connectivity index (χ2n) is 6.17. The highest BCUT2D eigenvalue weighted by Gasteiger charge is 2.23. The lowest BCUT2D eigenvalue weighted by Gasteiger charge is -2.28. The average Bonchev–Trinajstić information content (AvgIpc) is 3.10. The normalized spacial score (nSPS) is 21.7. The summed E-state index contributed by atoms with van der Waals surface area (Å²) in [5.41, 5.74) is 3.77.